The van der Waals surface area contributed by atoms with Crippen LogP contribution >= 0.6 is 0 Å². The smallest absolute Gasteiger partial charge is 0.0639 e. The van der Waals surface area contributed by atoms with E-state index in [9.17, 15) is 5.11 Å². The van der Waals surface area contributed by atoms with Crippen molar-refractivity contribution in [3.63, 3.8) is 0 Å². The van der Waals surface area contributed by atoms with Crippen molar-refractivity contribution in [2.24, 2.45) is 0 Å². The Morgan fingerprint density at radius 2 is 1.53 bits per heavy atom. The summed E-state index contributed by atoms with van der Waals surface area (Å²) in [7, 11) is 8.46. The van der Waals surface area contributed by atoms with Gasteiger partial charge in [-0.05, 0) is 54.5 Å². The molecule has 0 aliphatic heterocycles. The monoisotopic (exact) mass is 245 g/mol. The minimum atomic E-state index is -0.237. The summed E-state index contributed by atoms with van der Waals surface area (Å²) in [6.07, 6.45) is 2.47. The first-order valence-corrected chi connectivity index (χ1v) is 6.61. The Kier molecular flexibility index (Phi) is 8.78. The van der Waals surface area contributed by atoms with E-state index in [0.717, 1.165) is 32.5 Å². The molecule has 0 bridgehead atoms. The second-order valence-corrected chi connectivity index (χ2v) is 5.35. The van der Waals surface area contributed by atoms with Crippen molar-refractivity contribution < 1.29 is 5.11 Å². The molecule has 1 N–H and O–H groups in total. The van der Waals surface area contributed by atoms with E-state index >= 15 is 0 Å². The van der Waals surface area contributed by atoms with E-state index in [-0.39, 0.29) is 6.10 Å². The van der Waals surface area contributed by atoms with Gasteiger partial charge in [-0.1, -0.05) is 6.92 Å². The van der Waals surface area contributed by atoms with Crippen LogP contribution in [0.3, 0.4) is 0 Å². The first-order valence-electron chi connectivity index (χ1n) is 6.61. The van der Waals surface area contributed by atoms with Crippen LogP contribution in [0.5, 0.6) is 0 Å². The van der Waals surface area contributed by atoms with Gasteiger partial charge >= 0.3 is 0 Å². The third kappa shape index (κ3) is 7.71. The molecule has 0 rings (SSSR count). The zero-order valence-corrected chi connectivity index (χ0v) is 12.5. The van der Waals surface area contributed by atoms with E-state index in [1.807, 2.05) is 6.92 Å². The number of hydrogen-bond donors (Lipinski definition) is 1. The molecule has 4 nitrogen and oxygen atoms in total. The zero-order chi connectivity index (χ0) is 13.4. The van der Waals surface area contributed by atoms with Crippen molar-refractivity contribution in [3.05, 3.63) is 0 Å². The summed E-state index contributed by atoms with van der Waals surface area (Å²) in [5, 5.41) is 9.47. The van der Waals surface area contributed by atoms with Crippen LogP contribution in [0.1, 0.15) is 26.7 Å². The molecule has 0 aromatic carbocycles. The first-order chi connectivity index (χ1) is 7.88. The van der Waals surface area contributed by atoms with Crippen LogP contribution in [-0.4, -0.2) is 79.9 Å². The van der Waals surface area contributed by atoms with Crippen LogP contribution in [0.4, 0.5) is 0 Å². The number of aliphatic hydroxyl groups excluding tert-OH is 1. The summed E-state index contributed by atoms with van der Waals surface area (Å²) < 4.78 is 0. The molecule has 0 heterocycles. The summed E-state index contributed by atoms with van der Waals surface area (Å²) in [5.74, 6) is 0. The molecule has 0 fully saturated rings. The minimum Gasteiger partial charge on any atom is -0.392 e. The fraction of sp³-hybridized carbons (Fsp3) is 1.00. The molecule has 0 aliphatic carbocycles. The molecule has 1 unspecified atom stereocenters. The van der Waals surface area contributed by atoms with Crippen LogP contribution in [0.2, 0.25) is 0 Å². The number of aliphatic hydroxyl groups is 1. The molecular formula is C13H31N3O. The maximum absolute atomic E-state index is 9.47. The summed E-state index contributed by atoms with van der Waals surface area (Å²) >= 11 is 0. The van der Waals surface area contributed by atoms with Gasteiger partial charge in [0, 0.05) is 13.1 Å². The van der Waals surface area contributed by atoms with E-state index in [1.54, 1.807) is 0 Å². The lowest BCUT2D eigenvalue weighted by Crippen LogP contribution is -2.44. The molecule has 1 atom stereocenters. The topological polar surface area (TPSA) is 30.0 Å². The standard InChI is InChI=1S/C13H31N3O/c1-7-9-16(11-12(2)17)10-8-13(14(3)4)15(5)6/h12-13,17H,7-11H2,1-6H3. The van der Waals surface area contributed by atoms with Crippen molar-refractivity contribution in [1.29, 1.82) is 0 Å². The lowest BCUT2D eigenvalue weighted by atomic mass is 10.2. The van der Waals surface area contributed by atoms with Crippen molar-refractivity contribution in [1.82, 2.24) is 14.7 Å². The van der Waals surface area contributed by atoms with Gasteiger partial charge in [0.15, 0.2) is 0 Å². The molecule has 0 aliphatic rings. The van der Waals surface area contributed by atoms with E-state index in [1.165, 1.54) is 0 Å². The summed E-state index contributed by atoms with van der Waals surface area (Å²) in [4.78, 5) is 6.84. The second-order valence-electron chi connectivity index (χ2n) is 5.35. The third-order valence-corrected chi connectivity index (χ3v) is 2.96. The Hall–Kier alpha value is -0.160. The first kappa shape index (κ1) is 16.8. The molecule has 4 heteroatoms. The molecule has 0 saturated heterocycles. The van der Waals surface area contributed by atoms with E-state index < -0.39 is 0 Å². The fourth-order valence-corrected chi connectivity index (χ4v) is 2.26. The van der Waals surface area contributed by atoms with Gasteiger partial charge in [-0.15, -0.1) is 0 Å². The van der Waals surface area contributed by atoms with Gasteiger partial charge in [-0.25, -0.2) is 0 Å². The quantitative estimate of drug-likeness (QED) is 0.612. The van der Waals surface area contributed by atoms with Gasteiger partial charge < -0.3 is 10.0 Å². The number of hydrogen-bond acceptors (Lipinski definition) is 4. The van der Waals surface area contributed by atoms with E-state index in [2.05, 4.69) is 49.8 Å². The normalized spacial score (nSPS) is 14.3. The minimum absolute atomic E-state index is 0.237. The van der Waals surface area contributed by atoms with E-state index in [0.29, 0.717) is 6.17 Å². The molecular weight excluding hydrogens is 214 g/mol. The van der Waals surface area contributed by atoms with Gasteiger partial charge in [-0.2, -0.15) is 0 Å². The maximum atomic E-state index is 9.47. The molecule has 0 radical (unpaired) electrons. The Labute approximate surface area is 107 Å². The highest BCUT2D eigenvalue weighted by Crippen LogP contribution is 2.06. The summed E-state index contributed by atoms with van der Waals surface area (Å²) in [5.41, 5.74) is 0. The second kappa shape index (κ2) is 8.86. The van der Waals surface area contributed by atoms with Gasteiger partial charge in [0.25, 0.3) is 0 Å². The Morgan fingerprint density at radius 1 is 1.00 bits per heavy atom. The van der Waals surface area contributed by atoms with Crippen LogP contribution in [0.15, 0.2) is 0 Å². The van der Waals surface area contributed by atoms with Gasteiger partial charge in [-0.3, -0.25) is 9.80 Å². The van der Waals surface area contributed by atoms with Crippen LogP contribution in [-0.2, 0) is 0 Å². The molecule has 0 aromatic rings. The summed E-state index contributed by atoms with van der Waals surface area (Å²) in [6.45, 7) is 6.93. The molecule has 0 amide bonds. The number of nitrogens with zero attached hydrogens (tertiary/aromatic N) is 3. The highest BCUT2D eigenvalue weighted by molar-refractivity contribution is 4.68. The fourth-order valence-electron chi connectivity index (χ4n) is 2.26. The molecule has 17 heavy (non-hydrogen) atoms. The van der Waals surface area contributed by atoms with Gasteiger partial charge in [0.05, 0.1) is 12.3 Å². The SMILES string of the molecule is CCCN(CCC(N(C)C)N(C)C)CC(C)O. The molecule has 0 saturated carbocycles. The van der Waals surface area contributed by atoms with Crippen molar-refractivity contribution in [2.75, 3.05) is 47.8 Å². The van der Waals surface area contributed by atoms with Crippen LogP contribution in [0, 0.1) is 0 Å². The summed E-state index contributed by atoms with van der Waals surface area (Å²) in [6, 6.07) is 0. The average molecular weight is 245 g/mol. The molecule has 0 aromatic heterocycles. The lowest BCUT2D eigenvalue weighted by molar-refractivity contribution is 0.0853. The third-order valence-electron chi connectivity index (χ3n) is 2.96. The zero-order valence-electron chi connectivity index (χ0n) is 12.5. The van der Waals surface area contributed by atoms with Crippen LogP contribution in [0.25, 0.3) is 0 Å². The average Bonchev–Trinajstić information content (AvgIpc) is 2.15. The van der Waals surface area contributed by atoms with Crippen LogP contribution < -0.4 is 0 Å². The maximum Gasteiger partial charge on any atom is 0.0639 e. The van der Waals surface area contributed by atoms with Gasteiger partial charge in [0.2, 0.25) is 0 Å². The van der Waals surface area contributed by atoms with E-state index in [4.69, 9.17) is 0 Å². The predicted molar refractivity (Wildman–Crippen MR) is 74.2 cm³/mol. The van der Waals surface area contributed by atoms with Crippen molar-refractivity contribution >= 4 is 0 Å². The Bertz CT molecular complexity index is 176. The van der Waals surface area contributed by atoms with Crippen molar-refractivity contribution in [2.45, 2.75) is 39.0 Å². The highest BCUT2D eigenvalue weighted by atomic mass is 16.3. The number of rotatable bonds is 9. The Balaban J connectivity index is 4.16. The predicted octanol–water partition coefficient (Wildman–Crippen LogP) is 0.919. The highest BCUT2D eigenvalue weighted by Gasteiger charge is 2.16. The van der Waals surface area contributed by atoms with Crippen molar-refractivity contribution in [3.8, 4) is 0 Å². The van der Waals surface area contributed by atoms with Gasteiger partial charge in [0.1, 0.15) is 0 Å². The largest absolute Gasteiger partial charge is 0.392 e. The Morgan fingerprint density at radius 3 is 1.88 bits per heavy atom. The molecule has 0 spiro atoms. The molecule has 104 valence electrons. The lowest BCUT2D eigenvalue weighted by Gasteiger charge is -2.33.